The molecule has 1 N–H and O–H groups in total. The zero-order chi connectivity index (χ0) is 17.3. The summed E-state index contributed by atoms with van der Waals surface area (Å²) in [4.78, 5) is 24.8. The summed E-state index contributed by atoms with van der Waals surface area (Å²) in [5.74, 6) is 0.379. The summed E-state index contributed by atoms with van der Waals surface area (Å²) in [7, 11) is 0. The van der Waals surface area contributed by atoms with E-state index in [1.54, 1.807) is 12.1 Å². The van der Waals surface area contributed by atoms with Crippen LogP contribution >= 0.6 is 11.5 Å². The minimum atomic E-state index is -0.376. The van der Waals surface area contributed by atoms with Gasteiger partial charge < -0.3 is 5.32 Å². The Hall–Kier alpha value is -2.40. The third-order valence-electron chi connectivity index (χ3n) is 4.16. The number of rotatable bonds is 3. The predicted molar refractivity (Wildman–Crippen MR) is 99.0 cm³/mol. The number of carbonyl (C=O) groups is 1. The Morgan fingerprint density at radius 2 is 1.92 bits per heavy atom. The normalized spacial score (nSPS) is 11.2. The third kappa shape index (κ3) is 2.99. The van der Waals surface area contributed by atoms with Crippen molar-refractivity contribution in [1.29, 1.82) is 0 Å². The lowest BCUT2D eigenvalue weighted by molar-refractivity contribution is 0.243. The van der Waals surface area contributed by atoms with Gasteiger partial charge in [-0.1, -0.05) is 44.2 Å². The van der Waals surface area contributed by atoms with Gasteiger partial charge in [0.1, 0.15) is 0 Å². The van der Waals surface area contributed by atoms with Crippen molar-refractivity contribution in [3.8, 4) is 0 Å². The molecular formula is C19H20N2O2S. The van der Waals surface area contributed by atoms with E-state index < -0.39 is 0 Å². The second-order valence-corrected chi connectivity index (χ2v) is 7.13. The van der Waals surface area contributed by atoms with Crippen LogP contribution in [-0.2, 0) is 6.54 Å². The molecule has 5 heteroatoms. The average Bonchev–Trinajstić information content (AvgIpc) is 2.90. The van der Waals surface area contributed by atoms with Crippen molar-refractivity contribution < 1.29 is 4.79 Å². The summed E-state index contributed by atoms with van der Waals surface area (Å²) in [5, 5.41) is 3.47. The summed E-state index contributed by atoms with van der Waals surface area (Å²) in [6.07, 6.45) is 0. The lowest BCUT2D eigenvalue weighted by Crippen LogP contribution is -2.33. The Labute approximate surface area is 144 Å². The Bertz CT molecular complexity index is 953. The molecule has 124 valence electrons. The fraction of sp³-hybridized carbons (Fsp3) is 0.263. The molecule has 0 bridgehead atoms. The van der Waals surface area contributed by atoms with Crippen molar-refractivity contribution >= 4 is 27.6 Å². The molecular weight excluding hydrogens is 320 g/mol. The molecule has 3 aromatic rings. The molecule has 24 heavy (non-hydrogen) atoms. The minimum Gasteiger partial charge on any atom is -0.333 e. The van der Waals surface area contributed by atoms with Crippen molar-refractivity contribution in [2.75, 3.05) is 0 Å². The summed E-state index contributed by atoms with van der Waals surface area (Å²) >= 11 is 1.17. The largest absolute Gasteiger partial charge is 0.338 e. The number of hydrogen-bond acceptors (Lipinski definition) is 3. The quantitative estimate of drug-likeness (QED) is 0.775. The molecule has 0 atom stereocenters. The Balaban J connectivity index is 1.86. The van der Waals surface area contributed by atoms with Crippen LogP contribution in [0.15, 0.2) is 47.3 Å². The Morgan fingerprint density at radius 1 is 1.17 bits per heavy atom. The fourth-order valence-corrected chi connectivity index (χ4v) is 3.77. The van der Waals surface area contributed by atoms with Gasteiger partial charge in [0.15, 0.2) is 0 Å². The number of nitrogens with one attached hydrogen (secondary N) is 1. The first kappa shape index (κ1) is 16.5. The molecule has 1 heterocycles. The van der Waals surface area contributed by atoms with Gasteiger partial charge in [0, 0.05) is 6.54 Å². The van der Waals surface area contributed by atoms with Crippen LogP contribution in [0.1, 0.15) is 36.5 Å². The molecule has 0 aliphatic heterocycles. The lowest BCUT2D eigenvalue weighted by atomic mass is 9.94. The number of hydrogen-bond donors (Lipinski definition) is 1. The fourth-order valence-electron chi connectivity index (χ4n) is 2.85. The van der Waals surface area contributed by atoms with E-state index in [4.69, 9.17) is 0 Å². The van der Waals surface area contributed by atoms with Gasteiger partial charge in [-0.2, -0.15) is 3.96 Å². The topological polar surface area (TPSA) is 51.1 Å². The summed E-state index contributed by atoms with van der Waals surface area (Å²) in [6, 6.07) is 13.1. The van der Waals surface area contributed by atoms with Gasteiger partial charge in [-0.15, -0.1) is 0 Å². The lowest BCUT2D eigenvalue weighted by Gasteiger charge is -2.16. The number of aryl methyl sites for hydroxylation is 1. The maximum Gasteiger partial charge on any atom is 0.338 e. The van der Waals surface area contributed by atoms with Gasteiger partial charge in [-0.25, -0.2) is 4.79 Å². The van der Waals surface area contributed by atoms with Crippen LogP contribution in [0.5, 0.6) is 0 Å². The monoisotopic (exact) mass is 340 g/mol. The van der Waals surface area contributed by atoms with Crippen LogP contribution in [0.4, 0.5) is 4.79 Å². The second kappa shape index (κ2) is 6.61. The van der Waals surface area contributed by atoms with Crippen molar-refractivity contribution in [2.45, 2.75) is 33.2 Å². The van der Waals surface area contributed by atoms with E-state index >= 15 is 0 Å². The summed E-state index contributed by atoms with van der Waals surface area (Å²) in [5.41, 5.74) is 3.22. The van der Waals surface area contributed by atoms with Crippen molar-refractivity contribution in [3.05, 3.63) is 69.5 Å². The molecule has 0 spiro atoms. The van der Waals surface area contributed by atoms with E-state index in [9.17, 15) is 9.59 Å². The molecule has 0 aliphatic rings. The maximum absolute atomic E-state index is 12.5. The molecule has 0 radical (unpaired) electrons. The molecule has 0 saturated carbocycles. The number of aromatic nitrogens is 1. The van der Waals surface area contributed by atoms with E-state index in [1.807, 2.05) is 31.2 Å². The molecule has 3 rings (SSSR count). The van der Waals surface area contributed by atoms with Gasteiger partial charge in [-0.3, -0.25) is 4.79 Å². The summed E-state index contributed by atoms with van der Waals surface area (Å²) < 4.78 is 2.01. The highest BCUT2D eigenvalue weighted by Gasteiger charge is 2.15. The molecule has 0 fully saturated rings. The van der Waals surface area contributed by atoms with Crippen LogP contribution in [0.2, 0.25) is 0 Å². The minimum absolute atomic E-state index is 0.262. The van der Waals surface area contributed by atoms with Crippen LogP contribution in [0.3, 0.4) is 0 Å². The van der Waals surface area contributed by atoms with Crippen LogP contribution < -0.4 is 10.9 Å². The van der Waals surface area contributed by atoms with Crippen molar-refractivity contribution in [1.82, 2.24) is 9.27 Å². The van der Waals surface area contributed by atoms with Gasteiger partial charge in [0.2, 0.25) is 0 Å². The maximum atomic E-state index is 12.5. The molecule has 1 amide bonds. The second-order valence-electron chi connectivity index (χ2n) is 6.14. The Morgan fingerprint density at radius 3 is 2.62 bits per heavy atom. The average molecular weight is 340 g/mol. The highest BCUT2D eigenvalue weighted by Crippen LogP contribution is 2.22. The molecule has 4 nitrogen and oxygen atoms in total. The summed E-state index contributed by atoms with van der Waals surface area (Å²) in [6.45, 7) is 6.73. The van der Waals surface area contributed by atoms with Crippen LogP contribution in [-0.4, -0.2) is 9.99 Å². The number of nitrogens with zero attached hydrogens (tertiary/aromatic N) is 1. The molecule has 2 aromatic carbocycles. The van der Waals surface area contributed by atoms with Gasteiger partial charge >= 0.3 is 6.03 Å². The predicted octanol–water partition coefficient (Wildman–Crippen LogP) is 4.25. The smallest absolute Gasteiger partial charge is 0.333 e. The third-order valence-corrected chi connectivity index (χ3v) is 5.23. The zero-order valence-electron chi connectivity index (χ0n) is 14.0. The number of amides is 1. The number of carbonyl (C=O) groups excluding carboxylic acids is 1. The van der Waals surface area contributed by atoms with Crippen molar-refractivity contribution in [3.63, 3.8) is 0 Å². The van der Waals surface area contributed by atoms with Gasteiger partial charge in [-0.05, 0) is 53.2 Å². The molecule has 1 aromatic heterocycles. The first-order chi connectivity index (χ1) is 11.5. The van der Waals surface area contributed by atoms with Crippen molar-refractivity contribution in [2.24, 2.45) is 0 Å². The van der Waals surface area contributed by atoms with Crippen LogP contribution in [0.25, 0.3) is 10.1 Å². The van der Waals surface area contributed by atoms with Gasteiger partial charge in [0.05, 0.1) is 10.1 Å². The van der Waals surface area contributed by atoms with Crippen LogP contribution in [0, 0.1) is 6.92 Å². The first-order valence-corrected chi connectivity index (χ1v) is 8.74. The highest BCUT2D eigenvalue weighted by atomic mass is 32.1. The highest BCUT2D eigenvalue weighted by molar-refractivity contribution is 7.14. The number of benzene rings is 2. The SMILES string of the molecule is Cc1cccc(C(C)C)c1CNC(=O)n1sc2ccccc2c1=O. The molecule has 0 unspecified atom stereocenters. The Kier molecular flexibility index (Phi) is 4.53. The van der Waals surface area contributed by atoms with E-state index in [0.717, 1.165) is 15.8 Å². The van der Waals surface area contributed by atoms with E-state index in [0.29, 0.717) is 17.8 Å². The first-order valence-electron chi connectivity index (χ1n) is 7.96. The zero-order valence-corrected chi connectivity index (χ0v) is 14.8. The molecule has 0 saturated heterocycles. The van der Waals surface area contributed by atoms with E-state index in [1.165, 1.54) is 21.1 Å². The van der Waals surface area contributed by atoms with E-state index in [2.05, 4.69) is 25.2 Å². The number of fused-ring (bicyclic) bond motifs is 1. The molecule has 0 aliphatic carbocycles. The van der Waals surface area contributed by atoms with E-state index in [-0.39, 0.29) is 11.6 Å². The van der Waals surface area contributed by atoms with Gasteiger partial charge in [0.25, 0.3) is 5.56 Å². The standard InChI is InChI=1S/C19H20N2O2S/c1-12(2)14-9-6-7-13(3)16(14)11-20-19(23)21-18(22)15-8-4-5-10-17(15)24-21/h4-10,12H,11H2,1-3H3,(H,20,23).